The Morgan fingerprint density at radius 3 is 2.69 bits per heavy atom. The van der Waals surface area contributed by atoms with Crippen molar-refractivity contribution in [3.05, 3.63) is 28.5 Å². The minimum Gasteiger partial charge on any atom is -0.444 e. The second-order valence-corrected chi connectivity index (χ2v) is 8.18. The molecule has 5 nitrogen and oxygen atoms in total. The number of alkyl halides is 1. The molecular formula is C19H26ClFN2O3. The van der Waals surface area contributed by atoms with E-state index in [0.29, 0.717) is 11.6 Å². The van der Waals surface area contributed by atoms with Crippen molar-refractivity contribution in [2.45, 2.75) is 77.7 Å². The van der Waals surface area contributed by atoms with E-state index in [2.05, 4.69) is 4.98 Å². The number of amides is 1. The molecule has 1 aromatic rings. The van der Waals surface area contributed by atoms with Crippen molar-refractivity contribution in [1.29, 1.82) is 0 Å². The lowest BCUT2D eigenvalue weighted by Crippen LogP contribution is -2.47. The summed E-state index contributed by atoms with van der Waals surface area (Å²) in [7, 11) is 0. The van der Waals surface area contributed by atoms with E-state index in [9.17, 15) is 14.0 Å². The number of aryl methyl sites for hydroxylation is 2. The lowest BCUT2D eigenvalue weighted by Gasteiger charge is -2.30. The number of pyridine rings is 1. The second-order valence-electron chi connectivity index (χ2n) is 7.80. The van der Waals surface area contributed by atoms with Crippen LogP contribution in [-0.2, 0) is 16.0 Å². The zero-order valence-corrected chi connectivity index (χ0v) is 16.6. The van der Waals surface area contributed by atoms with Gasteiger partial charge < -0.3 is 4.74 Å². The first-order chi connectivity index (χ1) is 12.0. The molecule has 0 N–H and O–H groups in total. The Bertz CT molecular complexity index is 690. The molecule has 2 heterocycles. The summed E-state index contributed by atoms with van der Waals surface area (Å²) in [6.45, 7) is 8.72. The summed E-state index contributed by atoms with van der Waals surface area (Å²) < 4.78 is 19.6. The van der Waals surface area contributed by atoms with Crippen LogP contribution in [-0.4, -0.2) is 45.6 Å². The zero-order valence-electron chi connectivity index (χ0n) is 15.9. The van der Waals surface area contributed by atoms with Crippen molar-refractivity contribution < 1.29 is 18.7 Å². The molecule has 144 valence electrons. The fourth-order valence-electron chi connectivity index (χ4n) is 3.11. The molecule has 0 aromatic carbocycles. The van der Waals surface area contributed by atoms with Crippen LogP contribution in [0.25, 0.3) is 0 Å². The van der Waals surface area contributed by atoms with E-state index in [1.807, 2.05) is 6.92 Å². The molecule has 1 saturated heterocycles. The molecule has 0 spiro atoms. The Morgan fingerprint density at radius 2 is 2.08 bits per heavy atom. The smallest absolute Gasteiger partial charge is 0.411 e. The van der Waals surface area contributed by atoms with Gasteiger partial charge in [0, 0.05) is 19.0 Å². The van der Waals surface area contributed by atoms with Gasteiger partial charge >= 0.3 is 6.09 Å². The molecule has 7 heteroatoms. The third kappa shape index (κ3) is 4.93. The zero-order chi connectivity index (χ0) is 19.6. The van der Waals surface area contributed by atoms with Crippen LogP contribution in [0.3, 0.4) is 0 Å². The minimum absolute atomic E-state index is 0.00925. The van der Waals surface area contributed by atoms with Crippen LogP contribution in [0.1, 0.15) is 51.7 Å². The molecule has 0 saturated carbocycles. The number of hydrogen-bond donors (Lipinski definition) is 0. The first-order valence-electron chi connectivity index (χ1n) is 8.78. The minimum atomic E-state index is -1.24. The Morgan fingerprint density at radius 1 is 1.42 bits per heavy atom. The number of likely N-dealkylation sites (tertiary alicyclic amines) is 1. The van der Waals surface area contributed by atoms with Gasteiger partial charge in [-0.15, -0.1) is 0 Å². The number of halogens is 2. The van der Waals surface area contributed by atoms with Crippen molar-refractivity contribution >= 4 is 23.5 Å². The number of carbonyl (C=O) groups is 2. The molecule has 1 amide bonds. The lowest BCUT2D eigenvalue weighted by atomic mass is 10.00. The first-order valence-corrected chi connectivity index (χ1v) is 9.16. The lowest BCUT2D eigenvalue weighted by molar-refractivity contribution is -0.123. The molecule has 3 atom stereocenters. The summed E-state index contributed by atoms with van der Waals surface area (Å²) in [6.07, 6.45) is 0.446. The van der Waals surface area contributed by atoms with Crippen LogP contribution in [0.2, 0.25) is 5.15 Å². The van der Waals surface area contributed by atoms with Crippen molar-refractivity contribution in [2.24, 2.45) is 0 Å². The molecule has 1 aliphatic rings. The maximum Gasteiger partial charge on any atom is 0.411 e. The van der Waals surface area contributed by atoms with E-state index < -0.39 is 29.9 Å². The summed E-state index contributed by atoms with van der Waals surface area (Å²) >= 11 is 5.91. The summed E-state index contributed by atoms with van der Waals surface area (Å²) in [6, 6.07) is 0.244. The number of nitrogens with zero attached hydrogens (tertiary/aromatic N) is 2. The van der Waals surface area contributed by atoms with Gasteiger partial charge in [0.15, 0.2) is 5.78 Å². The maximum atomic E-state index is 14.2. The Balaban J connectivity index is 2.10. The van der Waals surface area contributed by atoms with Gasteiger partial charge in [-0.05, 0) is 58.2 Å². The molecule has 1 aromatic heterocycles. The molecule has 0 aliphatic carbocycles. The monoisotopic (exact) mass is 384 g/mol. The average molecular weight is 385 g/mol. The van der Waals surface area contributed by atoms with Gasteiger partial charge in [-0.2, -0.15) is 0 Å². The highest BCUT2D eigenvalue weighted by atomic mass is 35.5. The number of ether oxygens (including phenoxy) is 1. The molecule has 1 fully saturated rings. The number of rotatable bonds is 4. The maximum absolute atomic E-state index is 14.2. The second kappa shape index (κ2) is 7.91. The van der Waals surface area contributed by atoms with Gasteiger partial charge in [0.05, 0.1) is 12.1 Å². The topological polar surface area (TPSA) is 59.5 Å². The summed E-state index contributed by atoms with van der Waals surface area (Å²) in [5, 5.41) is 0.367. The van der Waals surface area contributed by atoms with Crippen LogP contribution in [0.5, 0.6) is 0 Å². The SMILES string of the molecule is Cc1cnc(Cl)cc1CCC(=O)[C@@H]1C[C@@H](F)[C@H](C)N1C(=O)OC(C)(C)C. The van der Waals surface area contributed by atoms with Gasteiger partial charge in [-0.25, -0.2) is 14.2 Å². The highest BCUT2D eigenvalue weighted by Crippen LogP contribution is 2.30. The third-order valence-corrected chi connectivity index (χ3v) is 4.75. The summed E-state index contributed by atoms with van der Waals surface area (Å²) in [5.41, 5.74) is 1.16. The molecule has 1 aliphatic heterocycles. The van der Waals surface area contributed by atoms with Gasteiger partial charge in [0.2, 0.25) is 0 Å². The molecule has 0 unspecified atom stereocenters. The van der Waals surface area contributed by atoms with E-state index >= 15 is 0 Å². The first kappa shape index (κ1) is 20.6. The highest BCUT2D eigenvalue weighted by molar-refractivity contribution is 6.29. The van der Waals surface area contributed by atoms with Gasteiger partial charge in [-0.1, -0.05) is 11.6 Å². The number of aromatic nitrogens is 1. The number of ketones is 1. The number of hydrogen-bond acceptors (Lipinski definition) is 4. The van der Waals surface area contributed by atoms with Crippen LogP contribution in [0, 0.1) is 6.92 Å². The fourth-order valence-corrected chi connectivity index (χ4v) is 3.29. The average Bonchev–Trinajstić information content (AvgIpc) is 2.82. The van der Waals surface area contributed by atoms with E-state index in [1.54, 1.807) is 40.0 Å². The van der Waals surface area contributed by atoms with Crippen LogP contribution < -0.4 is 0 Å². The number of Topliss-reactive ketones (excluding diaryl/α,β-unsaturated/α-hetero) is 1. The van der Waals surface area contributed by atoms with Crippen molar-refractivity contribution in [3.8, 4) is 0 Å². The van der Waals surface area contributed by atoms with Gasteiger partial charge in [0.25, 0.3) is 0 Å². The normalized spacial score (nSPS) is 23.2. The predicted molar refractivity (Wildman–Crippen MR) is 98.1 cm³/mol. The Hall–Kier alpha value is -1.69. The molecule has 26 heavy (non-hydrogen) atoms. The molecule has 2 rings (SSSR count). The highest BCUT2D eigenvalue weighted by Gasteiger charge is 2.46. The largest absolute Gasteiger partial charge is 0.444 e. The molecule has 0 radical (unpaired) electrons. The van der Waals surface area contributed by atoms with Crippen molar-refractivity contribution in [3.63, 3.8) is 0 Å². The third-order valence-electron chi connectivity index (χ3n) is 4.54. The molecular weight excluding hydrogens is 359 g/mol. The quantitative estimate of drug-likeness (QED) is 0.727. The molecule has 0 bridgehead atoms. The van der Waals surface area contributed by atoms with E-state index in [4.69, 9.17) is 16.3 Å². The van der Waals surface area contributed by atoms with E-state index in [1.165, 1.54) is 4.90 Å². The van der Waals surface area contributed by atoms with Crippen LogP contribution in [0.15, 0.2) is 12.3 Å². The summed E-state index contributed by atoms with van der Waals surface area (Å²) in [5.74, 6) is -0.171. The standard InChI is InChI=1S/C19H26ClFN2O3/c1-11-10-22-17(20)8-13(11)6-7-16(24)15-9-14(21)12(2)23(15)18(25)26-19(3,4)5/h8,10,12,14-15H,6-7,9H2,1-5H3/t12-,14+,15-/m0/s1. The Kier molecular flexibility index (Phi) is 6.27. The van der Waals surface area contributed by atoms with Crippen molar-refractivity contribution in [1.82, 2.24) is 9.88 Å². The predicted octanol–water partition coefficient (Wildman–Crippen LogP) is 4.28. The fraction of sp³-hybridized carbons (Fsp3) is 0.632. The van der Waals surface area contributed by atoms with Crippen LogP contribution >= 0.6 is 11.6 Å². The number of carbonyl (C=O) groups excluding carboxylic acids is 2. The summed E-state index contributed by atoms with van der Waals surface area (Å²) in [4.78, 5) is 30.4. The van der Waals surface area contributed by atoms with Crippen molar-refractivity contribution in [2.75, 3.05) is 0 Å². The van der Waals surface area contributed by atoms with Crippen LogP contribution in [0.4, 0.5) is 9.18 Å². The van der Waals surface area contributed by atoms with E-state index in [-0.39, 0.29) is 18.6 Å². The van der Waals surface area contributed by atoms with Gasteiger partial charge in [-0.3, -0.25) is 9.69 Å². The van der Waals surface area contributed by atoms with E-state index in [0.717, 1.165) is 11.1 Å². The van der Waals surface area contributed by atoms with Gasteiger partial charge in [0.1, 0.15) is 16.9 Å². The Labute approximate surface area is 158 Å².